The highest BCUT2D eigenvalue weighted by Crippen LogP contribution is 2.15. The van der Waals surface area contributed by atoms with Crippen LogP contribution in [0.4, 0.5) is 0 Å². The first kappa shape index (κ1) is 22.5. The molecule has 0 aliphatic rings. The van der Waals surface area contributed by atoms with E-state index >= 15 is 0 Å². The normalized spacial score (nSPS) is 11.2. The summed E-state index contributed by atoms with van der Waals surface area (Å²) in [7, 11) is 5.89. The first-order chi connectivity index (χ1) is 13.0. The first-order valence-electron chi connectivity index (χ1n) is 8.83. The molecule has 0 saturated heterocycles. The Morgan fingerprint density at radius 3 is 2.61 bits per heavy atom. The fraction of sp³-hybridized carbons (Fsp3) is 0.300. The van der Waals surface area contributed by atoms with E-state index in [0.717, 1.165) is 29.1 Å². The summed E-state index contributed by atoms with van der Waals surface area (Å²) in [4.78, 5) is 6.50. The average molecular weight is 557 g/mol. The molecule has 3 rings (SSSR count). The lowest BCUT2D eigenvalue weighted by atomic mass is 10.2. The third-order valence-electron chi connectivity index (χ3n) is 4.37. The predicted molar refractivity (Wildman–Crippen MR) is 128 cm³/mol. The summed E-state index contributed by atoms with van der Waals surface area (Å²) < 4.78 is 5.16. The van der Waals surface area contributed by atoms with Crippen molar-refractivity contribution in [1.29, 1.82) is 0 Å². The molecule has 0 radical (unpaired) electrons. The molecule has 0 spiro atoms. The summed E-state index contributed by atoms with van der Waals surface area (Å²) >= 11 is 3.52. The third kappa shape index (κ3) is 6.10. The van der Waals surface area contributed by atoms with Crippen LogP contribution in [0.5, 0.6) is 0 Å². The van der Waals surface area contributed by atoms with Crippen LogP contribution < -0.4 is 5.32 Å². The molecule has 0 amide bonds. The van der Waals surface area contributed by atoms with E-state index in [2.05, 4.69) is 71.4 Å². The molecule has 0 fully saturated rings. The van der Waals surface area contributed by atoms with Crippen molar-refractivity contribution in [3.05, 3.63) is 76.3 Å². The molecule has 1 aromatic carbocycles. The minimum absolute atomic E-state index is 0. The second-order valence-corrected chi connectivity index (χ2v) is 7.46. The van der Waals surface area contributed by atoms with Crippen molar-refractivity contribution in [2.75, 3.05) is 14.1 Å². The number of aryl methyl sites for hydroxylation is 1. The zero-order valence-electron chi connectivity index (χ0n) is 16.3. The summed E-state index contributed by atoms with van der Waals surface area (Å²) in [6.07, 6.45) is 6.03. The molecule has 0 bridgehead atoms. The van der Waals surface area contributed by atoms with Crippen LogP contribution in [0.25, 0.3) is 0 Å². The molecule has 2 aromatic heterocycles. The van der Waals surface area contributed by atoms with Crippen LogP contribution in [0.2, 0.25) is 0 Å². The van der Waals surface area contributed by atoms with Crippen molar-refractivity contribution in [3.8, 4) is 0 Å². The van der Waals surface area contributed by atoms with Crippen molar-refractivity contribution < 1.29 is 0 Å². The molecular weight excluding hydrogens is 531 g/mol. The lowest BCUT2D eigenvalue weighted by Gasteiger charge is -2.22. The second-order valence-electron chi connectivity index (χ2n) is 6.55. The Bertz CT molecular complexity index is 903. The minimum atomic E-state index is 0. The first-order valence-corrected chi connectivity index (χ1v) is 9.62. The average Bonchev–Trinajstić information content (AvgIpc) is 3.22. The molecule has 28 heavy (non-hydrogen) atoms. The van der Waals surface area contributed by atoms with Crippen LogP contribution >= 0.6 is 39.9 Å². The van der Waals surface area contributed by atoms with Crippen LogP contribution in [0.1, 0.15) is 16.8 Å². The zero-order chi connectivity index (χ0) is 19.2. The van der Waals surface area contributed by atoms with Crippen molar-refractivity contribution >= 4 is 45.9 Å². The maximum absolute atomic E-state index is 4.46. The van der Waals surface area contributed by atoms with Gasteiger partial charge in [-0.3, -0.25) is 9.67 Å². The molecule has 0 aliphatic heterocycles. The summed E-state index contributed by atoms with van der Waals surface area (Å²) in [5, 5.41) is 7.87. The van der Waals surface area contributed by atoms with Gasteiger partial charge in [-0.25, -0.2) is 0 Å². The van der Waals surface area contributed by atoms with Gasteiger partial charge >= 0.3 is 0 Å². The number of nitrogens with zero attached hydrogens (tertiary/aromatic N) is 5. The second kappa shape index (κ2) is 10.7. The van der Waals surface area contributed by atoms with Gasteiger partial charge in [-0.2, -0.15) is 5.10 Å². The van der Waals surface area contributed by atoms with Gasteiger partial charge in [-0.1, -0.05) is 30.3 Å². The predicted octanol–water partition coefficient (Wildman–Crippen LogP) is 3.86. The van der Waals surface area contributed by atoms with Crippen LogP contribution in [0.3, 0.4) is 0 Å². The summed E-state index contributed by atoms with van der Waals surface area (Å²) in [5.41, 5.74) is 3.58. The van der Waals surface area contributed by atoms with E-state index in [1.165, 1.54) is 11.3 Å². The molecule has 1 N–H and O–H groups in total. The van der Waals surface area contributed by atoms with Gasteiger partial charge in [0, 0.05) is 55.8 Å². The van der Waals surface area contributed by atoms with Gasteiger partial charge in [-0.15, -0.1) is 24.0 Å². The Hall–Kier alpha value is -1.81. The van der Waals surface area contributed by atoms with E-state index in [-0.39, 0.29) is 24.0 Å². The van der Waals surface area contributed by atoms with Gasteiger partial charge < -0.3 is 14.8 Å². The number of nitrogens with one attached hydrogen (secondary N) is 1. The highest BCUT2D eigenvalue weighted by molar-refractivity contribution is 14.0. The highest BCUT2D eigenvalue weighted by atomic mass is 127. The van der Waals surface area contributed by atoms with Crippen molar-refractivity contribution in [2.45, 2.75) is 19.6 Å². The van der Waals surface area contributed by atoms with E-state index in [0.29, 0.717) is 6.54 Å². The smallest absolute Gasteiger partial charge is 0.194 e. The molecule has 0 saturated carbocycles. The zero-order valence-corrected chi connectivity index (χ0v) is 20.3. The summed E-state index contributed by atoms with van der Waals surface area (Å²) in [6.45, 7) is 2.23. The topological polar surface area (TPSA) is 50.4 Å². The number of aliphatic imine (C=N–C) groups is 1. The number of hydrogen-bond donors (Lipinski definition) is 1. The molecular formula is C20H26BrIN6. The number of guanidine groups is 1. The monoisotopic (exact) mass is 556 g/mol. The standard InChI is InChI=1S/C20H25BrN6.HI/c1-22-20(26(3)15-19-9-18(21)14-25(19)2)23-10-17-11-24-27(13-17)12-16-7-5-4-6-8-16;/h4-9,11,13-14H,10,12,15H2,1-3H3,(H,22,23);1H. The minimum Gasteiger partial charge on any atom is -0.352 e. The van der Waals surface area contributed by atoms with Crippen LogP contribution in [-0.4, -0.2) is 39.3 Å². The molecule has 150 valence electrons. The van der Waals surface area contributed by atoms with Crippen LogP contribution in [-0.2, 0) is 26.7 Å². The van der Waals surface area contributed by atoms with E-state index in [4.69, 9.17) is 0 Å². The van der Waals surface area contributed by atoms with E-state index < -0.39 is 0 Å². The molecule has 0 unspecified atom stereocenters. The number of rotatable bonds is 6. The molecule has 2 heterocycles. The quantitative estimate of drug-likeness (QED) is 0.285. The van der Waals surface area contributed by atoms with E-state index in [9.17, 15) is 0 Å². The van der Waals surface area contributed by atoms with Crippen LogP contribution in [0.15, 0.2) is 64.5 Å². The van der Waals surface area contributed by atoms with E-state index in [1.54, 1.807) is 7.05 Å². The molecule has 6 nitrogen and oxygen atoms in total. The lowest BCUT2D eigenvalue weighted by Crippen LogP contribution is -2.38. The largest absolute Gasteiger partial charge is 0.352 e. The van der Waals surface area contributed by atoms with E-state index in [1.807, 2.05) is 43.2 Å². The maximum Gasteiger partial charge on any atom is 0.194 e. The fourth-order valence-corrected chi connectivity index (χ4v) is 3.53. The van der Waals surface area contributed by atoms with Gasteiger partial charge in [0.05, 0.1) is 19.3 Å². The fourth-order valence-electron chi connectivity index (χ4n) is 2.96. The van der Waals surface area contributed by atoms with Gasteiger partial charge in [-0.05, 0) is 27.6 Å². The van der Waals surface area contributed by atoms with Crippen molar-refractivity contribution in [3.63, 3.8) is 0 Å². The molecule has 3 aromatic rings. The molecule has 0 atom stereocenters. The van der Waals surface area contributed by atoms with Crippen molar-refractivity contribution in [1.82, 2.24) is 24.6 Å². The maximum atomic E-state index is 4.46. The Balaban J connectivity index is 0.00000280. The summed E-state index contributed by atoms with van der Waals surface area (Å²) in [6, 6.07) is 12.5. The lowest BCUT2D eigenvalue weighted by molar-refractivity contribution is 0.461. The number of hydrogen-bond acceptors (Lipinski definition) is 2. The summed E-state index contributed by atoms with van der Waals surface area (Å²) in [5.74, 6) is 0.850. The Morgan fingerprint density at radius 1 is 1.21 bits per heavy atom. The van der Waals surface area contributed by atoms with Crippen LogP contribution in [0, 0.1) is 0 Å². The van der Waals surface area contributed by atoms with Gasteiger partial charge in [0.25, 0.3) is 0 Å². The number of benzene rings is 1. The Kier molecular flexibility index (Phi) is 8.56. The molecule has 0 aliphatic carbocycles. The van der Waals surface area contributed by atoms with Crippen molar-refractivity contribution in [2.24, 2.45) is 12.0 Å². The highest BCUT2D eigenvalue weighted by Gasteiger charge is 2.10. The van der Waals surface area contributed by atoms with Gasteiger partial charge in [0.15, 0.2) is 5.96 Å². The molecule has 8 heteroatoms. The number of aromatic nitrogens is 3. The Labute approximate surface area is 191 Å². The van der Waals surface area contributed by atoms with Gasteiger partial charge in [0.1, 0.15) is 0 Å². The SMILES string of the molecule is CN=C(NCc1cnn(Cc2ccccc2)c1)N(C)Cc1cc(Br)cn1C.I. The Morgan fingerprint density at radius 2 is 1.96 bits per heavy atom. The number of halogens is 2. The third-order valence-corrected chi connectivity index (χ3v) is 4.81. The van der Waals surface area contributed by atoms with Gasteiger partial charge in [0.2, 0.25) is 0 Å².